The van der Waals surface area contributed by atoms with Crippen molar-refractivity contribution in [3.63, 3.8) is 0 Å². The maximum atomic E-state index is 14.3. The Kier molecular flexibility index (Phi) is 12.0. The summed E-state index contributed by atoms with van der Waals surface area (Å²) < 4.78 is 5.71. The van der Waals surface area contributed by atoms with Crippen molar-refractivity contribution in [3.05, 3.63) is 76.4 Å². The number of phenols is 1. The Bertz CT molecular complexity index is 1450. The summed E-state index contributed by atoms with van der Waals surface area (Å²) in [4.78, 5) is 36.4. The first kappa shape index (κ1) is 35.0. The Morgan fingerprint density at radius 1 is 1.04 bits per heavy atom. The van der Waals surface area contributed by atoms with E-state index < -0.39 is 28.9 Å². The molecule has 0 aliphatic rings. The van der Waals surface area contributed by atoms with Gasteiger partial charge in [-0.15, -0.1) is 0 Å². The van der Waals surface area contributed by atoms with E-state index in [-0.39, 0.29) is 24.0 Å². The number of aromatic nitrogens is 2. The highest BCUT2D eigenvalue weighted by molar-refractivity contribution is 5.93. The summed E-state index contributed by atoms with van der Waals surface area (Å²) in [5.41, 5.74) is 23.4. The average molecular weight is 622 g/mol. The molecule has 2 amide bonds. The fourth-order valence-electron chi connectivity index (χ4n) is 5.26. The molecule has 1 aromatic heterocycles. The van der Waals surface area contributed by atoms with Crippen LogP contribution in [-0.4, -0.2) is 51.6 Å². The van der Waals surface area contributed by atoms with Crippen LogP contribution in [0.2, 0.25) is 0 Å². The van der Waals surface area contributed by atoms with Gasteiger partial charge in [0.05, 0.1) is 5.54 Å². The molecule has 244 valence electrons. The molecule has 0 radical (unpaired) electrons. The predicted octanol–water partition coefficient (Wildman–Crippen LogP) is 2.07. The van der Waals surface area contributed by atoms with Gasteiger partial charge in [0.15, 0.2) is 11.8 Å². The van der Waals surface area contributed by atoms with Crippen LogP contribution in [0.1, 0.15) is 86.0 Å². The SMILES string of the molecule is Cc1cc(O)cc(C)c1C(NC(=O)C(C)(N)CCCN=C(N)N)C(=O)NC(C)(CCCCN)c1nc(Cc2ccccc2)no1. The molecule has 3 aromatic rings. The molecule has 3 rings (SSSR count). The number of hydrogen-bond acceptors (Lipinski definition) is 9. The quantitative estimate of drug-likeness (QED) is 0.0698. The summed E-state index contributed by atoms with van der Waals surface area (Å²) in [6.07, 6.45) is 3.03. The lowest BCUT2D eigenvalue weighted by Crippen LogP contribution is -2.56. The molecule has 3 atom stereocenters. The molecule has 2 aromatic carbocycles. The van der Waals surface area contributed by atoms with Gasteiger partial charge in [-0.3, -0.25) is 14.6 Å². The normalized spacial score (nSPS) is 14.5. The summed E-state index contributed by atoms with van der Waals surface area (Å²) in [6, 6.07) is 11.7. The third kappa shape index (κ3) is 9.75. The van der Waals surface area contributed by atoms with Gasteiger partial charge in [-0.2, -0.15) is 4.98 Å². The average Bonchev–Trinajstić information content (AvgIpc) is 3.44. The first-order valence-corrected chi connectivity index (χ1v) is 15.1. The van der Waals surface area contributed by atoms with E-state index in [0.29, 0.717) is 61.3 Å². The Balaban J connectivity index is 1.94. The van der Waals surface area contributed by atoms with E-state index in [0.717, 1.165) is 12.0 Å². The van der Waals surface area contributed by atoms with E-state index >= 15 is 0 Å². The zero-order valence-corrected chi connectivity index (χ0v) is 26.6. The van der Waals surface area contributed by atoms with Crippen molar-refractivity contribution in [1.29, 1.82) is 0 Å². The number of benzene rings is 2. The number of hydrogen-bond donors (Lipinski definition) is 7. The largest absolute Gasteiger partial charge is 0.508 e. The second kappa shape index (κ2) is 15.5. The van der Waals surface area contributed by atoms with Crippen molar-refractivity contribution in [1.82, 2.24) is 20.8 Å². The number of aryl methyl sites for hydroxylation is 2. The zero-order chi connectivity index (χ0) is 33.2. The fraction of sp³-hybridized carbons (Fsp3) is 0.469. The molecule has 0 saturated heterocycles. The molecule has 0 spiro atoms. The Morgan fingerprint density at radius 3 is 2.33 bits per heavy atom. The molecule has 13 nitrogen and oxygen atoms in total. The highest BCUT2D eigenvalue weighted by atomic mass is 16.5. The molecule has 0 aliphatic carbocycles. The van der Waals surface area contributed by atoms with Crippen molar-refractivity contribution in [2.75, 3.05) is 13.1 Å². The van der Waals surface area contributed by atoms with Gasteiger partial charge in [0.25, 0.3) is 5.89 Å². The Hall–Kier alpha value is -4.49. The van der Waals surface area contributed by atoms with Gasteiger partial charge in [-0.25, -0.2) is 0 Å². The zero-order valence-electron chi connectivity index (χ0n) is 26.6. The number of amides is 2. The fourth-order valence-corrected chi connectivity index (χ4v) is 5.26. The maximum absolute atomic E-state index is 14.3. The van der Waals surface area contributed by atoms with Crippen molar-refractivity contribution < 1.29 is 19.2 Å². The second-order valence-electron chi connectivity index (χ2n) is 12.0. The molecule has 3 unspecified atom stereocenters. The third-order valence-electron chi connectivity index (χ3n) is 7.75. The first-order chi connectivity index (χ1) is 21.3. The van der Waals surface area contributed by atoms with Crippen molar-refractivity contribution in [3.8, 4) is 5.75 Å². The van der Waals surface area contributed by atoms with Gasteiger partial charge in [0.1, 0.15) is 17.3 Å². The molecule has 0 aliphatic heterocycles. The van der Waals surface area contributed by atoms with Crippen LogP contribution < -0.4 is 33.6 Å². The topological polar surface area (TPSA) is 234 Å². The number of aromatic hydroxyl groups is 1. The highest BCUT2D eigenvalue weighted by Gasteiger charge is 2.39. The summed E-state index contributed by atoms with van der Waals surface area (Å²) >= 11 is 0. The van der Waals surface area contributed by atoms with Crippen LogP contribution in [0.25, 0.3) is 0 Å². The number of carbonyl (C=O) groups is 2. The van der Waals surface area contributed by atoms with Crippen LogP contribution in [0.3, 0.4) is 0 Å². The lowest BCUT2D eigenvalue weighted by atomic mass is 9.90. The molecule has 0 bridgehead atoms. The van der Waals surface area contributed by atoms with E-state index in [2.05, 4.69) is 25.8 Å². The number of nitrogens with one attached hydrogen (secondary N) is 2. The van der Waals surface area contributed by atoms with Crippen molar-refractivity contribution >= 4 is 17.8 Å². The summed E-state index contributed by atoms with van der Waals surface area (Å²) in [5.74, 6) is -0.319. The minimum atomic E-state index is -1.33. The number of aliphatic imine (C=N–C) groups is 1. The molecular weight excluding hydrogens is 574 g/mol. The van der Waals surface area contributed by atoms with Crippen LogP contribution >= 0.6 is 0 Å². The molecular formula is C32H47N9O4. The standard InChI is InChI=1S/C32H47N9O4/c1-20-17-23(42)18-21(2)25(20)26(39-28(44)31(3,36)13-10-16-37-30(34)35)27(43)40-32(4,14-8-9-15-33)29-38-24(41-45-29)19-22-11-6-5-7-12-22/h5-7,11-12,17-18,26,42H,8-10,13-16,19,33,36H2,1-4H3,(H,39,44)(H,40,43)(H4,34,35,37). The number of nitrogens with two attached hydrogens (primary N) is 4. The smallest absolute Gasteiger partial charge is 0.252 e. The van der Waals surface area contributed by atoms with Gasteiger partial charge < -0.3 is 43.2 Å². The number of carbonyl (C=O) groups excluding carboxylic acids is 2. The highest BCUT2D eigenvalue weighted by Crippen LogP contribution is 2.31. The van der Waals surface area contributed by atoms with Gasteiger partial charge in [-0.05, 0) is 101 Å². The number of nitrogens with zero attached hydrogens (tertiary/aromatic N) is 3. The molecule has 13 heteroatoms. The van der Waals surface area contributed by atoms with E-state index in [9.17, 15) is 14.7 Å². The minimum absolute atomic E-state index is 0.0452. The van der Waals surface area contributed by atoms with Crippen LogP contribution in [-0.2, 0) is 21.5 Å². The predicted molar refractivity (Wildman–Crippen MR) is 173 cm³/mol. The monoisotopic (exact) mass is 621 g/mol. The van der Waals surface area contributed by atoms with E-state index in [4.69, 9.17) is 27.5 Å². The lowest BCUT2D eigenvalue weighted by Gasteiger charge is -2.32. The number of guanidine groups is 1. The molecule has 0 saturated carbocycles. The Morgan fingerprint density at radius 2 is 1.71 bits per heavy atom. The van der Waals surface area contributed by atoms with E-state index in [1.165, 1.54) is 0 Å². The van der Waals surface area contributed by atoms with Gasteiger partial charge in [0, 0.05) is 13.0 Å². The molecule has 11 N–H and O–H groups in total. The van der Waals surface area contributed by atoms with Gasteiger partial charge in [-0.1, -0.05) is 35.5 Å². The third-order valence-corrected chi connectivity index (χ3v) is 7.75. The number of phenolic OH excluding ortho intramolecular Hbond substituents is 1. The second-order valence-corrected chi connectivity index (χ2v) is 12.0. The summed E-state index contributed by atoms with van der Waals surface area (Å²) in [5, 5.41) is 20.3. The number of unbranched alkanes of at least 4 members (excludes halogenated alkanes) is 1. The van der Waals surface area contributed by atoms with Gasteiger partial charge in [0.2, 0.25) is 11.8 Å². The van der Waals surface area contributed by atoms with Crippen LogP contribution in [0, 0.1) is 13.8 Å². The van der Waals surface area contributed by atoms with Crippen molar-refractivity contribution in [2.45, 2.75) is 83.3 Å². The first-order valence-electron chi connectivity index (χ1n) is 15.1. The summed E-state index contributed by atoms with van der Waals surface area (Å²) in [6.45, 7) is 7.72. The lowest BCUT2D eigenvalue weighted by molar-refractivity contribution is -0.133. The van der Waals surface area contributed by atoms with E-state index in [1.54, 1.807) is 32.9 Å². The number of rotatable bonds is 16. The van der Waals surface area contributed by atoms with Crippen LogP contribution in [0.5, 0.6) is 5.75 Å². The van der Waals surface area contributed by atoms with Crippen LogP contribution in [0.4, 0.5) is 0 Å². The Labute approximate surface area is 264 Å². The summed E-state index contributed by atoms with van der Waals surface area (Å²) in [7, 11) is 0. The van der Waals surface area contributed by atoms with E-state index in [1.807, 2.05) is 37.3 Å². The van der Waals surface area contributed by atoms with Gasteiger partial charge >= 0.3 is 0 Å². The minimum Gasteiger partial charge on any atom is -0.508 e. The maximum Gasteiger partial charge on any atom is 0.252 e. The molecule has 0 fully saturated rings. The van der Waals surface area contributed by atoms with Crippen molar-refractivity contribution in [2.24, 2.45) is 27.9 Å². The van der Waals surface area contributed by atoms with Crippen LogP contribution in [0.15, 0.2) is 52.0 Å². The molecule has 45 heavy (non-hydrogen) atoms. The molecule has 1 heterocycles.